The highest BCUT2D eigenvalue weighted by Gasteiger charge is 2.22. The van der Waals surface area contributed by atoms with Gasteiger partial charge < -0.3 is 14.7 Å². The van der Waals surface area contributed by atoms with Crippen LogP contribution in [0.25, 0.3) is 22.6 Å². The highest BCUT2D eigenvalue weighted by molar-refractivity contribution is 5.84. The van der Waals surface area contributed by atoms with Crippen molar-refractivity contribution < 1.29 is 13.9 Å². The molecule has 0 fully saturated rings. The Morgan fingerprint density at radius 1 is 1.30 bits per heavy atom. The lowest BCUT2D eigenvalue weighted by Crippen LogP contribution is -1.89. The normalized spacial score (nSPS) is 10.6. The number of hydrogen-bond acceptors (Lipinski definition) is 7. The van der Waals surface area contributed by atoms with Gasteiger partial charge in [-0.2, -0.15) is 0 Å². The van der Waals surface area contributed by atoms with Crippen LogP contribution in [0.4, 0.5) is 11.7 Å². The Hall–Kier alpha value is -3.16. The van der Waals surface area contributed by atoms with Crippen LogP contribution in [0.1, 0.15) is 0 Å². The molecule has 0 aromatic carbocycles. The minimum atomic E-state index is -0.632. The molecule has 0 aliphatic rings. The predicted molar refractivity (Wildman–Crippen MR) is 68.5 cm³/mol. The van der Waals surface area contributed by atoms with Crippen molar-refractivity contribution in [3.05, 3.63) is 46.8 Å². The zero-order valence-electron chi connectivity index (χ0n) is 10.0. The largest absolute Gasteiger partial charge is 0.433 e. The second-order valence-corrected chi connectivity index (χ2v) is 3.91. The van der Waals surface area contributed by atoms with Crippen molar-refractivity contribution in [2.24, 2.45) is 0 Å². The molecule has 2 N–H and O–H groups in total. The molecule has 8 heteroatoms. The fourth-order valence-corrected chi connectivity index (χ4v) is 1.81. The standard InChI is InChI=1S/C12H8N4O4/c13-12-10(7-2-1-5-14-6-7)11(20-15-12)8-3-4-9(19-8)16(17)18/h1-6H,(H2,13,15). The summed E-state index contributed by atoms with van der Waals surface area (Å²) in [4.78, 5) is 14.0. The van der Waals surface area contributed by atoms with E-state index in [1.165, 1.54) is 12.1 Å². The van der Waals surface area contributed by atoms with Gasteiger partial charge in [-0.1, -0.05) is 11.2 Å². The second-order valence-electron chi connectivity index (χ2n) is 3.91. The monoisotopic (exact) mass is 272 g/mol. The van der Waals surface area contributed by atoms with E-state index in [-0.39, 0.29) is 23.2 Å². The Balaban J connectivity index is 2.13. The van der Waals surface area contributed by atoms with Crippen LogP contribution < -0.4 is 5.73 Å². The molecule has 3 aromatic heterocycles. The van der Waals surface area contributed by atoms with Gasteiger partial charge in [0.25, 0.3) is 0 Å². The molecule has 20 heavy (non-hydrogen) atoms. The molecule has 0 saturated carbocycles. The third kappa shape index (κ3) is 1.88. The van der Waals surface area contributed by atoms with E-state index in [4.69, 9.17) is 14.7 Å². The number of anilines is 1. The predicted octanol–water partition coefficient (Wildman–Crippen LogP) is 2.49. The number of nitrogen functional groups attached to an aromatic ring is 1. The van der Waals surface area contributed by atoms with Gasteiger partial charge in [-0.3, -0.25) is 15.1 Å². The number of pyridine rings is 1. The van der Waals surface area contributed by atoms with Crippen LogP contribution in [-0.4, -0.2) is 15.1 Å². The fraction of sp³-hybridized carbons (Fsp3) is 0. The molecule has 0 amide bonds. The van der Waals surface area contributed by atoms with Crippen molar-refractivity contribution in [2.45, 2.75) is 0 Å². The van der Waals surface area contributed by atoms with Crippen molar-refractivity contribution in [3.63, 3.8) is 0 Å². The van der Waals surface area contributed by atoms with Crippen LogP contribution in [0, 0.1) is 10.1 Å². The molecular formula is C12H8N4O4. The number of rotatable bonds is 3. The van der Waals surface area contributed by atoms with E-state index >= 15 is 0 Å². The maximum atomic E-state index is 10.6. The van der Waals surface area contributed by atoms with Crippen LogP contribution in [0.5, 0.6) is 0 Å². The van der Waals surface area contributed by atoms with Crippen LogP contribution in [0.15, 0.2) is 45.6 Å². The summed E-state index contributed by atoms with van der Waals surface area (Å²) in [6.07, 6.45) is 3.20. The van der Waals surface area contributed by atoms with Crippen molar-refractivity contribution in [1.29, 1.82) is 0 Å². The molecular weight excluding hydrogens is 264 g/mol. The molecule has 3 heterocycles. The van der Waals surface area contributed by atoms with Gasteiger partial charge in [-0.25, -0.2) is 0 Å². The first-order chi connectivity index (χ1) is 9.66. The molecule has 100 valence electrons. The second kappa shape index (κ2) is 4.50. The molecule has 0 saturated heterocycles. The number of furan rings is 1. The van der Waals surface area contributed by atoms with Gasteiger partial charge >= 0.3 is 5.88 Å². The minimum absolute atomic E-state index is 0.159. The summed E-state index contributed by atoms with van der Waals surface area (Å²) >= 11 is 0. The molecule has 3 rings (SSSR count). The number of nitrogens with zero attached hydrogens (tertiary/aromatic N) is 3. The third-order valence-electron chi connectivity index (χ3n) is 2.66. The van der Waals surface area contributed by atoms with E-state index < -0.39 is 4.92 Å². The minimum Gasteiger partial charge on any atom is -0.397 e. The van der Waals surface area contributed by atoms with E-state index in [0.717, 1.165) is 0 Å². The highest BCUT2D eigenvalue weighted by atomic mass is 16.6. The summed E-state index contributed by atoms with van der Waals surface area (Å²) in [5, 5.41) is 14.3. The van der Waals surface area contributed by atoms with Crippen molar-refractivity contribution in [3.8, 4) is 22.6 Å². The summed E-state index contributed by atoms with van der Waals surface area (Å²) in [6, 6.07) is 6.17. The Bertz CT molecular complexity index is 763. The molecule has 0 bridgehead atoms. The van der Waals surface area contributed by atoms with Crippen molar-refractivity contribution in [1.82, 2.24) is 10.1 Å². The lowest BCUT2D eigenvalue weighted by molar-refractivity contribution is -0.401. The van der Waals surface area contributed by atoms with Crippen LogP contribution in [0.2, 0.25) is 0 Å². The first kappa shape index (κ1) is 11.9. The van der Waals surface area contributed by atoms with Gasteiger partial charge in [0.15, 0.2) is 11.6 Å². The third-order valence-corrected chi connectivity index (χ3v) is 2.66. The van der Waals surface area contributed by atoms with Gasteiger partial charge in [-0.05, 0) is 12.1 Å². The van der Waals surface area contributed by atoms with Gasteiger partial charge in [0.1, 0.15) is 4.92 Å². The van der Waals surface area contributed by atoms with Gasteiger partial charge in [-0.15, -0.1) is 0 Å². The van der Waals surface area contributed by atoms with Gasteiger partial charge in [0.2, 0.25) is 5.76 Å². The number of nitro groups is 1. The van der Waals surface area contributed by atoms with Crippen LogP contribution >= 0.6 is 0 Å². The molecule has 0 spiro atoms. The first-order valence-corrected chi connectivity index (χ1v) is 5.57. The quantitative estimate of drug-likeness (QED) is 0.574. The maximum Gasteiger partial charge on any atom is 0.433 e. The molecule has 0 aliphatic carbocycles. The zero-order chi connectivity index (χ0) is 14.1. The summed E-state index contributed by atoms with van der Waals surface area (Å²) < 4.78 is 10.2. The van der Waals surface area contributed by atoms with E-state index in [1.807, 2.05) is 0 Å². The SMILES string of the molecule is Nc1noc(-c2ccc([N+](=O)[O-])o2)c1-c1cccnc1. The summed E-state index contributed by atoms with van der Waals surface area (Å²) in [5.41, 5.74) is 6.94. The van der Waals surface area contributed by atoms with Crippen LogP contribution in [0.3, 0.4) is 0 Å². The Labute approximate surface area is 112 Å². The molecule has 0 radical (unpaired) electrons. The van der Waals surface area contributed by atoms with Crippen molar-refractivity contribution >= 4 is 11.7 Å². The molecule has 3 aromatic rings. The first-order valence-electron chi connectivity index (χ1n) is 5.57. The molecule has 8 nitrogen and oxygen atoms in total. The average Bonchev–Trinajstić information content (AvgIpc) is 3.06. The van der Waals surface area contributed by atoms with E-state index in [1.54, 1.807) is 24.5 Å². The summed E-state index contributed by atoms with van der Waals surface area (Å²) in [6.45, 7) is 0. The Morgan fingerprint density at radius 2 is 2.15 bits per heavy atom. The van der Waals surface area contributed by atoms with E-state index in [2.05, 4.69) is 10.1 Å². The molecule has 0 aliphatic heterocycles. The number of hydrogen-bond donors (Lipinski definition) is 1. The zero-order valence-corrected chi connectivity index (χ0v) is 10.0. The average molecular weight is 272 g/mol. The summed E-state index contributed by atoms with van der Waals surface area (Å²) in [7, 11) is 0. The maximum absolute atomic E-state index is 10.6. The Kier molecular flexibility index (Phi) is 2.68. The molecule has 0 unspecified atom stereocenters. The highest BCUT2D eigenvalue weighted by Crippen LogP contribution is 2.37. The summed E-state index contributed by atoms with van der Waals surface area (Å²) in [5.74, 6) is 0.183. The molecule has 0 atom stereocenters. The van der Waals surface area contributed by atoms with Crippen molar-refractivity contribution in [2.75, 3.05) is 5.73 Å². The van der Waals surface area contributed by atoms with E-state index in [9.17, 15) is 10.1 Å². The lowest BCUT2D eigenvalue weighted by atomic mass is 10.1. The van der Waals surface area contributed by atoms with E-state index in [0.29, 0.717) is 11.1 Å². The number of nitrogens with two attached hydrogens (primary N) is 1. The van der Waals surface area contributed by atoms with Gasteiger partial charge in [0, 0.05) is 18.0 Å². The van der Waals surface area contributed by atoms with Gasteiger partial charge in [0.05, 0.1) is 11.6 Å². The topological polar surface area (TPSA) is 121 Å². The lowest BCUT2D eigenvalue weighted by Gasteiger charge is -1.99. The Morgan fingerprint density at radius 3 is 2.80 bits per heavy atom. The van der Waals surface area contributed by atoms with Crippen LogP contribution in [-0.2, 0) is 0 Å². The smallest absolute Gasteiger partial charge is 0.397 e. The fourth-order valence-electron chi connectivity index (χ4n) is 1.81. The number of aromatic nitrogens is 2.